The molecule has 0 aromatic heterocycles. The van der Waals surface area contributed by atoms with Crippen molar-refractivity contribution in [3.63, 3.8) is 0 Å². The molecule has 0 saturated carbocycles. The second-order valence-corrected chi connectivity index (χ2v) is 4.60. The van der Waals surface area contributed by atoms with E-state index in [-0.39, 0.29) is 5.48 Å². The lowest BCUT2D eigenvalue weighted by molar-refractivity contribution is 0.824. The standard InChI is InChI=1S/C9H11Si.H2O/c1-3-10(2)9-7-5-4-6-8-9;/h3-8H,1H2,2H3;1H2. The summed E-state index contributed by atoms with van der Waals surface area (Å²) < 4.78 is 0. The quantitative estimate of drug-likeness (QED) is 0.584. The van der Waals surface area contributed by atoms with Gasteiger partial charge in [0.2, 0.25) is 0 Å². The minimum Gasteiger partial charge on any atom is -0.412 e. The zero-order chi connectivity index (χ0) is 7.40. The highest BCUT2D eigenvalue weighted by Crippen LogP contribution is 1.87. The van der Waals surface area contributed by atoms with Crippen LogP contribution in [0.1, 0.15) is 0 Å². The lowest BCUT2D eigenvalue weighted by atomic mass is 10.4. The molecule has 0 fully saturated rings. The summed E-state index contributed by atoms with van der Waals surface area (Å²) in [6.45, 7) is 6.03. The summed E-state index contributed by atoms with van der Waals surface area (Å²) in [7, 11) is -0.443. The molecule has 1 nitrogen and oxygen atoms in total. The van der Waals surface area contributed by atoms with Crippen molar-refractivity contribution >= 4 is 14.0 Å². The first-order chi connectivity index (χ1) is 4.84. The number of hydrogen-bond donors (Lipinski definition) is 0. The Morgan fingerprint density at radius 2 is 1.82 bits per heavy atom. The van der Waals surface area contributed by atoms with Gasteiger partial charge in [0, 0.05) is 0 Å². The zero-order valence-corrected chi connectivity index (χ0v) is 7.67. The fourth-order valence-electron chi connectivity index (χ4n) is 0.819. The molecule has 0 amide bonds. The van der Waals surface area contributed by atoms with E-state index >= 15 is 0 Å². The summed E-state index contributed by atoms with van der Waals surface area (Å²) in [6.07, 6.45) is 0. The highest BCUT2D eigenvalue weighted by Gasteiger charge is 1.99. The molecule has 0 heterocycles. The highest BCUT2D eigenvalue weighted by atomic mass is 28.3. The smallest absolute Gasteiger partial charge is 0.108 e. The third-order valence-electron chi connectivity index (χ3n) is 1.54. The molecule has 1 rings (SSSR count). The molecule has 1 radical (unpaired) electrons. The first kappa shape index (κ1) is 10.1. The van der Waals surface area contributed by atoms with Crippen molar-refractivity contribution < 1.29 is 5.48 Å². The Labute approximate surface area is 69.3 Å². The summed E-state index contributed by atoms with van der Waals surface area (Å²) in [5.41, 5.74) is 2.06. The second kappa shape index (κ2) is 4.88. The third-order valence-corrected chi connectivity index (χ3v) is 3.39. The van der Waals surface area contributed by atoms with Crippen LogP contribution in [0.5, 0.6) is 0 Å². The van der Waals surface area contributed by atoms with Crippen LogP contribution in [0.15, 0.2) is 42.6 Å². The van der Waals surface area contributed by atoms with Crippen molar-refractivity contribution in [2.75, 3.05) is 0 Å². The van der Waals surface area contributed by atoms with Gasteiger partial charge in [0.05, 0.1) is 0 Å². The molecule has 0 atom stereocenters. The minimum atomic E-state index is -0.443. The van der Waals surface area contributed by atoms with Gasteiger partial charge in [-0.25, -0.2) is 0 Å². The number of benzene rings is 1. The van der Waals surface area contributed by atoms with E-state index in [0.717, 1.165) is 0 Å². The van der Waals surface area contributed by atoms with Crippen molar-refractivity contribution in [2.24, 2.45) is 0 Å². The molecule has 0 bridgehead atoms. The average Bonchev–Trinajstić information content (AvgIpc) is 2.05. The SMILES string of the molecule is C=C[Si](C)c1ccccc1.O. The maximum absolute atomic E-state index is 3.78. The van der Waals surface area contributed by atoms with Crippen molar-refractivity contribution in [3.05, 3.63) is 42.6 Å². The monoisotopic (exact) mass is 165 g/mol. The van der Waals surface area contributed by atoms with E-state index in [1.165, 1.54) is 5.19 Å². The van der Waals surface area contributed by atoms with Crippen LogP contribution in [0, 0.1) is 0 Å². The summed E-state index contributed by atoms with van der Waals surface area (Å²) in [6, 6.07) is 10.5. The number of hydrogen-bond acceptors (Lipinski definition) is 0. The maximum atomic E-state index is 3.78. The summed E-state index contributed by atoms with van der Waals surface area (Å²) >= 11 is 0. The molecule has 0 saturated heterocycles. The Bertz CT molecular complexity index is 208. The largest absolute Gasteiger partial charge is 0.412 e. The van der Waals surface area contributed by atoms with Crippen LogP contribution in [0.2, 0.25) is 6.55 Å². The van der Waals surface area contributed by atoms with Gasteiger partial charge in [0.1, 0.15) is 8.80 Å². The van der Waals surface area contributed by atoms with E-state index < -0.39 is 8.80 Å². The van der Waals surface area contributed by atoms with Gasteiger partial charge < -0.3 is 5.48 Å². The Balaban J connectivity index is 0.000001000. The van der Waals surface area contributed by atoms with Crippen LogP contribution in [0.4, 0.5) is 0 Å². The molecule has 11 heavy (non-hydrogen) atoms. The van der Waals surface area contributed by atoms with Gasteiger partial charge in [-0.2, -0.15) is 0 Å². The molecule has 2 N–H and O–H groups in total. The third kappa shape index (κ3) is 2.70. The van der Waals surface area contributed by atoms with Gasteiger partial charge in [0.25, 0.3) is 0 Å². The molecule has 0 aliphatic carbocycles. The molecule has 1 aromatic carbocycles. The molecular formula is C9H13OSi. The normalized spacial score (nSPS) is 8.91. The second-order valence-electron chi connectivity index (χ2n) is 2.25. The van der Waals surface area contributed by atoms with Gasteiger partial charge >= 0.3 is 0 Å². The molecule has 2 heteroatoms. The van der Waals surface area contributed by atoms with E-state index in [4.69, 9.17) is 0 Å². The fourth-order valence-corrected chi connectivity index (χ4v) is 1.77. The Morgan fingerprint density at radius 3 is 2.27 bits per heavy atom. The predicted octanol–water partition coefficient (Wildman–Crippen LogP) is 0.919. The van der Waals surface area contributed by atoms with Crippen molar-refractivity contribution in [2.45, 2.75) is 6.55 Å². The summed E-state index contributed by atoms with van der Waals surface area (Å²) in [5, 5.41) is 1.43. The van der Waals surface area contributed by atoms with E-state index in [0.29, 0.717) is 0 Å². The van der Waals surface area contributed by atoms with Gasteiger partial charge in [-0.1, -0.05) is 47.8 Å². The van der Waals surface area contributed by atoms with Gasteiger partial charge in [0.15, 0.2) is 0 Å². The molecule has 0 unspecified atom stereocenters. The number of rotatable bonds is 2. The summed E-state index contributed by atoms with van der Waals surface area (Å²) in [4.78, 5) is 0. The maximum Gasteiger partial charge on any atom is 0.108 e. The van der Waals surface area contributed by atoms with Crippen molar-refractivity contribution in [1.29, 1.82) is 0 Å². The first-order valence-corrected chi connectivity index (χ1v) is 5.43. The van der Waals surface area contributed by atoms with Crippen molar-refractivity contribution in [1.82, 2.24) is 0 Å². The van der Waals surface area contributed by atoms with E-state index in [1.54, 1.807) is 0 Å². The lowest BCUT2D eigenvalue weighted by Crippen LogP contribution is -2.23. The minimum absolute atomic E-state index is 0. The predicted molar refractivity (Wildman–Crippen MR) is 51.5 cm³/mol. The zero-order valence-electron chi connectivity index (χ0n) is 6.67. The van der Waals surface area contributed by atoms with E-state index in [1.807, 2.05) is 6.07 Å². The van der Waals surface area contributed by atoms with Gasteiger partial charge in [-0.3, -0.25) is 0 Å². The molecule has 0 aliphatic rings. The fraction of sp³-hybridized carbons (Fsp3) is 0.111. The van der Waals surface area contributed by atoms with Crippen LogP contribution in [0.3, 0.4) is 0 Å². The topological polar surface area (TPSA) is 31.5 Å². The Hall–Kier alpha value is -0.863. The van der Waals surface area contributed by atoms with E-state index in [2.05, 4.69) is 43.1 Å². The van der Waals surface area contributed by atoms with Crippen LogP contribution in [-0.2, 0) is 0 Å². The van der Waals surface area contributed by atoms with Gasteiger partial charge in [-0.05, 0) is 0 Å². The van der Waals surface area contributed by atoms with E-state index in [9.17, 15) is 0 Å². The average molecular weight is 165 g/mol. The summed E-state index contributed by atoms with van der Waals surface area (Å²) in [5.74, 6) is 0. The molecule has 0 spiro atoms. The van der Waals surface area contributed by atoms with Crippen molar-refractivity contribution in [3.8, 4) is 0 Å². The van der Waals surface area contributed by atoms with Gasteiger partial charge in [-0.15, -0.1) is 6.58 Å². The highest BCUT2D eigenvalue weighted by molar-refractivity contribution is 6.76. The van der Waals surface area contributed by atoms with Crippen LogP contribution >= 0.6 is 0 Å². The molecule has 59 valence electrons. The first-order valence-electron chi connectivity index (χ1n) is 3.36. The Kier molecular flexibility index (Phi) is 4.49. The van der Waals surface area contributed by atoms with Crippen LogP contribution in [-0.4, -0.2) is 14.3 Å². The van der Waals surface area contributed by atoms with Crippen LogP contribution in [0.25, 0.3) is 0 Å². The molecular weight excluding hydrogens is 152 g/mol. The molecule has 1 aromatic rings. The Morgan fingerprint density at radius 1 is 1.27 bits per heavy atom. The lowest BCUT2D eigenvalue weighted by Gasteiger charge is -2.01. The van der Waals surface area contributed by atoms with Crippen LogP contribution < -0.4 is 5.19 Å². The molecule has 0 aliphatic heterocycles.